The zero-order valence-corrected chi connectivity index (χ0v) is 20.0. The third-order valence-corrected chi connectivity index (χ3v) is 5.06. The lowest BCUT2D eigenvalue weighted by atomic mass is 10.0. The number of carbonyl (C=O) groups excluding carboxylic acids is 1. The number of halogens is 3. The Bertz CT molecular complexity index is 1090. The van der Waals surface area contributed by atoms with Crippen LogP contribution in [0.15, 0.2) is 73.1 Å². The molecular formula is C27H30F3N3O3. The van der Waals surface area contributed by atoms with Gasteiger partial charge in [-0.1, -0.05) is 61.5 Å². The van der Waals surface area contributed by atoms with Crippen LogP contribution in [0.1, 0.15) is 41.3 Å². The summed E-state index contributed by atoms with van der Waals surface area (Å²) in [4.78, 5) is 25.3. The summed E-state index contributed by atoms with van der Waals surface area (Å²) >= 11 is 0. The van der Waals surface area contributed by atoms with Crippen molar-refractivity contribution in [1.29, 1.82) is 0 Å². The lowest BCUT2D eigenvalue weighted by molar-refractivity contribution is -0.192. The van der Waals surface area contributed by atoms with Gasteiger partial charge in [0.1, 0.15) is 0 Å². The van der Waals surface area contributed by atoms with Gasteiger partial charge in [-0.25, -0.2) is 4.79 Å². The Morgan fingerprint density at radius 3 is 2.19 bits per heavy atom. The SMILES string of the molecule is CCCNC(=O)c1cncc(-c2ccc(CNCCCc3ccccc3)cc2)c1.O=C(O)C(F)(F)F. The third-order valence-electron chi connectivity index (χ3n) is 5.06. The van der Waals surface area contributed by atoms with Gasteiger partial charge in [-0.05, 0) is 48.6 Å². The number of nitrogens with zero attached hydrogens (tertiary/aromatic N) is 1. The molecule has 3 rings (SSSR count). The van der Waals surface area contributed by atoms with Crippen molar-refractivity contribution in [2.24, 2.45) is 0 Å². The molecule has 3 aromatic rings. The van der Waals surface area contributed by atoms with E-state index in [1.165, 1.54) is 11.1 Å². The molecule has 0 saturated heterocycles. The molecule has 0 saturated carbocycles. The summed E-state index contributed by atoms with van der Waals surface area (Å²) < 4.78 is 31.7. The predicted molar refractivity (Wildman–Crippen MR) is 132 cm³/mol. The van der Waals surface area contributed by atoms with Crippen molar-refractivity contribution in [1.82, 2.24) is 15.6 Å². The monoisotopic (exact) mass is 501 g/mol. The first-order valence-corrected chi connectivity index (χ1v) is 11.6. The minimum Gasteiger partial charge on any atom is -0.475 e. The van der Waals surface area contributed by atoms with Crippen LogP contribution in [0.5, 0.6) is 0 Å². The number of hydrogen-bond acceptors (Lipinski definition) is 4. The minimum absolute atomic E-state index is 0.0717. The van der Waals surface area contributed by atoms with E-state index in [4.69, 9.17) is 9.90 Å². The van der Waals surface area contributed by atoms with Crippen molar-refractivity contribution in [3.8, 4) is 11.1 Å². The number of carboxylic acids is 1. The number of aromatic nitrogens is 1. The van der Waals surface area contributed by atoms with Crippen LogP contribution in [-0.2, 0) is 17.8 Å². The smallest absolute Gasteiger partial charge is 0.475 e. The Kier molecular flexibility index (Phi) is 11.6. The van der Waals surface area contributed by atoms with Gasteiger partial charge in [0.25, 0.3) is 5.91 Å². The average molecular weight is 502 g/mol. The van der Waals surface area contributed by atoms with Crippen LogP contribution in [0.25, 0.3) is 11.1 Å². The Labute approximate surface area is 208 Å². The molecule has 192 valence electrons. The molecule has 1 aromatic heterocycles. The van der Waals surface area contributed by atoms with Gasteiger partial charge >= 0.3 is 12.1 Å². The summed E-state index contributed by atoms with van der Waals surface area (Å²) in [7, 11) is 0. The van der Waals surface area contributed by atoms with Crippen LogP contribution >= 0.6 is 0 Å². The van der Waals surface area contributed by atoms with Crippen molar-refractivity contribution in [2.45, 2.75) is 38.9 Å². The highest BCUT2D eigenvalue weighted by Gasteiger charge is 2.38. The zero-order valence-electron chi connectivity index (χ0n) is 20.0. The van der Waals surface area contributed by atoms with Gasteiger partial charge in [0, 0.05) is 31.0 Å². The molecule has 0 bridgehead atoms. The van der Waals surface area contributed by atoms with Crippen LogP contribution in [0.4, 0.5) is 13.2 Å². The van der Waals surface area contributed by atoms with E-state index in [9.17, 15) is 18.0 Å². The summed E-state index contributed by atoms with van der Waals surface area (Å²) in [5, 5.41) is 13.5. The first kappa shape index (κ1) is 28.5. The second-order valence-corrected chi connectivity index (χ2v) is 7.98. The molecule has 1 heterocycles. The number of carbonyl (C=O) groups is 2. The molecular weight excluding hydrogens is 471 g/mol. The Morgan fingerprint density at radius 2 is 1.58 bits per heavy atom. The molecule has 0 spiro atoms. The van der Waals surface area contributed by atoms with Gasteiger partial charge in [-0.15, -0.1) is 0 Å². The lowest BCUT2D eigenvalue weighted by Gasteiger charge is -2.08. The summed E-state index contributed by atoms with van der Waals surface area (Å²) in [5.74, 6) is -2.83. The molecule has 0 aliphatic heterocycles. The van der Waals surface area contributed by atoms with E-state index < -0.39 is 12.1 Å². The highest BCUT2D eigenvalue weighted by molar-refractivity contribution is 5.95. The van der Waals surface area contributed by atoms with Crippen molar-refractivity contribution >= 4 is 11.9 Å². The van der Waals surface area contributed by atoms with E-state index in [-0.39, 0.29) is 5.91 Å². The molecule has 1 amide bonds. The fourth-order valence-corrected chi connectivity index (χ4v) is 3.17. The van der Waals surface area contributed by atoms with Crippen molar-refractivity contribution in [3.05, 3.63) is 89.7 Å². The first-order valence-electron chi connectivity index (χ1n) is 11.6. The normalized spacial score (nSPS) is 10.8. The molecule has 0 aliphatic rings. The molecule has 36 heavy (non-hydrogen) atoms. The van der Waals surface area contributed by atoms with E-state index in [2.05, 4.69) is 70.2 Å². The molecule has 0 fully saturated rings. The molecule has 0 atom stereocenters. The highest BCUT2D eigenvalue weighted by atomic mass is 19.4. The second-order valence-electron chi connectivity index (χ2n) is 7.98. The molecule has 0 unspecified atom stereocenters. The second kappa shape index (κ2) is 14.6. The number of rotatable bonds is 10. The van der Waals surface area contributed by atoms with E-state index in [0.29, 0.717) is 12.1 Å². The number of aryl methyl sites for hydroxylation is 1. The van der Waals surface area contributed by atoms with Crippen LogP contribution in [-0.4, -0.2) is 41.2 Å². The zero-order chi connectivity index (χ0) is 26.4. The standard InChI is InChI=1S/C25H29N3O.C2HF3O2/c1-2-14-28-25(29)24-16-23(18-27-19-24)22-12-10-21(11-13-22)17-26-15-6-9-20-7-4-3-5-8-20;3-2(4,5)1(6)7/h3-5,7-8,10-13,16,18-19,26H,2,6,9,14-15,17H2,1H3,(H,28,29);(H,6,7). The highest BCUT2D eigenvalue weighted by Crippen LogP contribution is 2.20. The Hall–Kier alpha value is -3.72. The third kappa shape index (κ3) is 10.3. The van der Waals surface area contributed by atoms with Crippen molar-refractivity contribution in [2.75, 3.05) is 13.1 Å². The summed E-state index contributed by atoms with van der Waals surface area (Å²) in [5.41, 5.74) is 5.25. The van der Waals surface area contributed by atoms with Crippen molar-refractivity contribution < 1.29 is 27.9 Å². The van der Waals surface area contributed by atoms with Gasteiger partial charge in [0.2, 0.25) is 0 Å². The number of pyridine rings is 1. The number of amides is 1. The topological polar surface area (TPSA) is 91.3 Å². The van der Waals surface area contributed by atoms with E-state index in [1.54, 1.807) is 12.4 Å². The number of benzene rings is 2. The lowest BCUT2D eigenvalue weighted by Crippen LogP contribution is -2.24. The molecule has 9 heteroatoms. The molecule has 0 aliphatic carbocycles. The van der Waals surface area contributed by atoms with Crippen LogP contribution in [0.2, 0.25) is 0 Å². The van der Waals surface area contributed by atoms with Gasteiger partial charge in [0.05, 0.1) is 5.56 Å². The summed E-state index contributed by atoms with van der Waals surface area (Å²) in [6, 6.07) is 20.9. The maximum absolute atomic E-state index is 12.1. The Balaban J connectivity index is 0.000000572. The van der Waals surface area contributed by atoms with E-state index in [1.807, 2.05) is 13.0 Å². The van der Waals surface area contributed by atoms with E-state index in [0.717, 1.165) is 43.5 Å². The average Bonchev–Trinajstić information content (AvgIpc) is 2.88. The van der Waals surface area contributed by atoms with Gasteiger partial charge in [-0.3, -0.25) is 9.78 Å². The largest absolute Gasteiger partial charge is 0.490 e. The maximum Gasteiger partial charge on any atom is 0.490 e. The van der Waals surface area contributed by atoms with Crippen molar-refractivity contribution in [3.63, 3.8) is 0 Å². The molecule has 2 aromatic carbocycles. The van der Waals surface area contributed by atoms with Crippen LogP contribution < -0.4 is 10.6 Å². The number of hydrogen-bond donors (Lipinski definition) is 3. The maximum atomic E-state index is 12.1. The molecule has 3 N–H and O–H groups in total. The van der Waals surface area contributed by atoms with E-state index >= 15 is 0 Å². The number of carboxylic acid groups (broad SMARTS) is 1. The minimum atomic E-state index is -5.08. The fourth-order valence-electron chi connectivity index (χ4n) is 3.17. The number of nitrogens with one attached hydrogen (secondary N) is 2. The quantitative estimate of drug-likeness (QED) is 0.331. The summed E-state index contributed by atoms with van der Waals surface area (Å²) in [6.07, 6.45) is 1.47. The number of aliphatic carboxylic acids is 1. The summed E-state index contributed by atoms with van der Waals surface area (Å²) in [6.45, 7) is 4.56. The van der Waals surface area contributed by atoms with Gasteiger partial charge < -0.3 is 15.7 Å². The predicted octanol–water partition coefficient (Wildman–Crippen LogP) is 5.24. The van der Waals surface area contributed by atoms with Crippen LogP contribution in [0, 0.1) is 0 Å². The Morgan fingerprint density at radius 1 is 0.917 bits per heavy atom. The van der Waals surface area contributed by atoms with Gasteiger partial charge in [0.15, 0.2) is 0 Å². The van der Waals surface area contributed by atoms with Crippen LogP contribution in [0.3, 0.4) is 0 Å². The molecule has 6 nitrogen and oxygen atoms in total. The first-order chi connectivity index (χ1) is 17.2. The van der Waals surface area contributed by atoms with Gasteiger partial charge in [-0.2, -0.15) is 13.2 Å². The molecule has 0 radical (unpaired) electrons. The number of alkyl halides is 3. The fraction of sp³-hybridized carbons (Fsp3) is 0.296.